The van der Waals surface area contributed by atoms with Crippen LogP contribution < -0.4 is 9.64 Å². The Morgan fingerprint density at radius 1 is 1.26 bits per heavy atom. The van der Waals surface area contributed by atoms with Crippen LogP contribution in [0.15, 0.2) is 36.4 Å². The number of aromatic amines is 1. The Bertz CT molecular complexity index is 1560. The molecule has 210 valence electrons. The lowest BCUT2D eigenvalue weighted by atomic mass is 9.45. The lowest BCUT2D eigenvalue weighted by Gasteiger charge is -2.64. The van der Waals surface area contributed by atoms with Gasteiger partial charge in [0.25, 0.3) is 0 Å². The lowest BCUT2D eigenvalue weighted by Crippen LogP contribution is -3.19. The first-order valence-electron chi connectivity index (χ1n) is 13.8. The summed E-state index contributed by atoms with van der Waals surface area (Å²) in [6.07, 6.45) is 4.45. The highest BCUT2D eigenvalue weighted by Crippen LogP contribution is 2.70. The van der Waals surface area contributed by atoms with Gasteiger partial charge in [-0.05, 0) is 42.5 Å². The van der Waals surface area contributed by atoms with E-state index < -0.39 is 15.7 Å². The molecular weight excluding hydrogens is 516 g/mol. The molecular formula is C30H38N2O6S. The van der Waals surface area contributed by atoms with Crippen LogP contribution in [-0.4, -0.2) is 61.2 Å². The first-order valence-corrected chi connectivity index (χ1v) is 15.7. The van der Waals surface area contributed by atoms with E-state index in [1.807, 2.05) is 6.07 Å². The van der Waals surface area contributed by atoms with E-state index in [-0.39, 0.29) is 16.8 Å². The Hall–Kier alpha value is -2.59. The van der Waals surface area contributed by atoms with E-state index in [0.29, 0.717) is 24.0 Å². The van der Waals surface area contributed by atoms with Crippen molar-refractivity contribution >= 4 is 21.0 Å². The predicted octanol–water partition coefficient (Wildman–Crippen LogP) is 2.78. The predicted molar refractivity (Wildman–Crippen MR) is 147 cm³/mol. The molecule has 1 aromatic heterocycles. The number of fused-ring (bicyclic) bond motifs is 4. The number of piperidine rings is 1. The topological polar surface area (TPSA) is 116 Å². The van der Waals surface area contributed by atoms with Gasteiger partial charge in [0, 0.05) is 48.6 Å². The molecule has 3 N–H and O–H groups in total. The minimum absolute atomic E-state index is 0.252. The fourth-order valence-electron chi connectivity index (χ4n) is 8.23. The second-order valence-electron chi connectivity index (χ2n) is 12.4. The molecule has 1 saturated heterocycles. The van der Waals surface area contributed by atoms with Gasteiger partial charge >= 0.3 is 0 Å². The van der Waals surface area contributed by atoms with Crippen LogP contribution in [0.25, 0.3) is 10.9 Å². The van der Waals surface area contributed by atoms with E-state index in [9.17, 15) is 5.11 Å². The van der Waals surface area contributed by atoms with E-state index in [0.717, 1.165) is 44.4 Å². The van der Waals surface area contributed by atoms with Crippen LogP contribution in [0, 0.1) is 5.92 Å². The zero-order valence-electron chi connectivity index (χ0n) is 23.3. The average molecular weight is 555 g/mol. The van der Waals surface area contributed by atoms with Crippen LogP contribution >= 0.6 is 0 Å². The van der Waals surface area contributed by atoms with Gasteiger partial charge in [0.15, 0.2) is 17.1 Å². The average Bonchev–Trinajstić information content (AvgIpc) is 3.35. The fraction of sp³-hybridized carbons (Fsp3) is 0.533. The van der Waals surface area contributed by atoms with Gasteiger partial charge in [-0.25, -0.2) is 8.42 Å². The molecule has 2 aliphatic heterocycles. The van der Waals surface area contributed by atoms with Crippen molar-refractivity contribution in [1.82, 2.24) is 4.98 Å². The van der Waals surface area contributed by atoms with Crippen molar-refractivity contribution in [2.75, 3.05) is 26.5 Å². The molecule has 2 aliphatic carbocycles. The van der Waals surface area contributed by atoms with Crippen LogP contribution in [-0.2, 0) is 38.7 Å². The molecule has 4 aliphatic rings. The Morgan fingerprint density at radius 2 is 1.97 bits per heavy atom. The molecule has 0 amide bonds. The highest BCUT2D eigenvalue weighted by atomic mass is 32.2. The molecule has 9 heteroatoms. The Balaban J connectivity index is 0.000000510. The van der Waals surface area contributed by atoms with E-state index in [1.165, 1.54) is 27.8 Å². The van der Waals surface area contributed by atoms with Crippen molar-refractivity contribution in [2.24, 2.45) is 5.92 Å². The van der Waals surface area contributed by atoms with Crippen LogP contribution in [0.2, 0.25) is 0 Å². The third kappa shape index (κ3) is 3.63. The zero-order chi connectivity index (χ0) is 28.0. The molecule has 5 atom stereocenters. The van der Waals surface area contributed by atoms with Gasteiger partial charge in [-0.2, -0.15) is 0 Å². The molecule has 3 heterocycles. The number of phenolic OH excluding ortho intramolecular Hbond substituents is 1. The molecule has 7 rings (SSSR count). The molecule has 3 aromatic rings. The van der Waals surface area contributed by atoms with Crippen molar-refractivity contribution in [1.29, 1.82) is 0 Å². The quantitative estimate of drug-likeness (QED) is 0.427. The van der Waals surface area contributed by atoms with Gasteiger partial charge < -0.3 is 29.0 Å². The number of quaternary nitrogens is 1. The number of rotatable bonds is 4. The molecule has 0 saturated carbocycles. The van der Waals surface area contributed by atoms with Crippen molar-refractivity contribution < 1.29 is 32.5 Å². The summed E-state index contributed by atoms with van der Waals surface area (Å²) in [5, 5.41) is 12.3. The Kier molecular flexibility index (Phi) is 5.94. The number of aromatic nitrogens is 1. The number of hydrogen-bond donors (Lipinski definition) is 3. The van der Waals surface area contributed by atoms with Gasteiger partial charge in [0.2, 0.25) is 0 Å². The summed E-state index contributed by atoms with van der Waals surface area (Å²) < 4.78 is 41.5. The van der Waals surface area contributed by atoms with E-state index in [1.54, 1.807) is 4.90 Å². The highest BCUT2D eigenvalue weighted by Gasteiger charge is 2.79. The molecule has 2 bridgehead atoms. The molecule has 1 fully saturated rings. The van der Waals surface area contributed by atoms with Crippen molar-refractivity contribution in [2.45, 2.75) is 69.1 Å². The maximum absolute atomic E-state index is 11.0. The zero-order valence-corrected chi connectivity index (χ0v) is 24.1. The minimum Gasteiger partial charge on any atom is -0.748 e. The third-order valence-corrected chi connectivity index (χ3v) is 9.75. The smallest absolute Gasteiger partial charge is 0.166 e. The molecule has 0 radical (unpaired) electrons. The third-order valence-electron chi connectivity index (χ3n) is 9.75. The minimum atomic E-state index is -3.92. The second kappa shape index (κ2) is 8.70. The maximum atomic E-state index is 11.0. The summed E-state index contributed by atoms with van der Waals surface area (Å²) >= 11 is 0. The van der Waals surface area contributed by atoms with Crippen LogP contribution in [0.1, 0.15) is 56.0 Å². The number of para-hydroxylation sites is 1. The summed E-state index contributed by atoms with van der Waals surface area (Å²) in [6.45, 7) is 8.62. The highest BCUT2D eigenvalue weighted by molar-refractivity contribution is 7.84. The Labute approximate surface area is 230 Å². The molecule has 1 spiro atoms. The normalized spacial score (nSPS) is 31.8. The lowest BCUT2D eigenvalue weighted by molar-refractivity contribution is -0.924. The summed E-state index contributed by atoms with van der Waals surface area (Å²) in [5.41, 5.74) is 4.83. The summed E-state index contributed by atoms with van der Waals surface area (Å²) in [4.78, 5) is 5.33. The maximum Gasteiger partial charge on any atom is 0.166 e. The monoisotopic (exact) mass is 554 g/mol. The van der Waals surface area contributed by atoms with Gasteiger partial charge in [0.1, 0.15) is 11.6 Å². The fourth-order valence-corrected chi connectivity index (χ4v) is 8.23. The number of likely N-dealkylation sites (N-methyl/N-ethyl adjacent to an activating group) is 1. The SMILES string of the molecule is CC(C)CCO[C@@]12Cc3c([nH]c4ccccc34)[C@]3(C)Oc4c(O)ccc5c4[C@@]31CC[NH+](C)[C@H]2C5.CS(=O)(=O)[O-]. The van der Waals surface area contributed by atoms with Crippen LogP contribution in [0.3, 0.4) is 0 Å². The first kappa shape index (κ1) is 26.6. The van der Waals surface area contributed by atoms with Crippen LogP contribution in [0.5, 0.6) is 11.5 Å². The first-order chi connectivity index (χ1) is 18.3. The number of nitrogens with one attached hydrogen (secondary N) is 2. The molecule has 8 nitrogen and oxygen atoms in total. The number of ether oxygens (including phenoxy) is 2. The second-order valence-corrected chi connectivity index (χ2v) is 13.8. The number of H-pyrrole nitrogens is 1. The van der Waals surface area contributed by atoms with Crippen molar-refractivity contribution in [3.05, 3.63) is 58.8 Å². The molecule has 1 unspecified atom stereocenters. The standard InChI is InChI=1S/C29H34N2O3.CH4O3S/c1-17(2)11-14-33-29-16-20-19-7-5-6-8-21(19)30-26(20)27(3)28(29)12-13-31(4)23(29)15-18-9-10-22(32)25(34-27)24(18)28;1-5(2,3)4/h5-10,17,23,30,32H,11-16H2,1-4H3;1H3,(H,2,3,4)/t23-,27-,28-,29+;/m0./s1. The number of likely N-dealkylation sites (tertiary alicyclic amines) is 1. The van der Waals surface area contributed by atoms with Crippen LogP contribution in [0.4, 0.5) is 0 Å². The van der Waals surface area contributed by atoms with Gasteiger partial charge in [-0.1, -0.05) is 38.1 Å². The number of benzene rings is 2. The van der Waals surface area contributed by atoms with Gasteiger partial charge in [0.05, 0.1) is 34.8 Å². The van der Waals surface area contributed by atoms with E-state index >= 15 is 0 Å². The van der Waals surface area contributed by atoms with Gasteiger partial charge in [-0.15, -0.1) is 0 Å². The summed E-state index contributed by atoms with van der Waals surface area (Å²) in [6, 6.07) is 12.9. The number of aromatic hydroxyl groups is 1. The van der Waals surface area contributed by atoms with Crippen molar-refractivity contribution in [3.63, 3.8) is 0 Å². The summed E-state index contributed by atoms with van der Waals surface area (Å²) in [7, 11) is -1.57. The Morgan fingerprint density at radius 3 is 2.69 bits per heavy atom. The molecule has 39 heavy (non-hydrogen) atoms. The molecule has 2 aromatic carbocycles. The van der Waals surface area contributed by atoms with E-state index in [4.69, 9.17) is 22.4 Å². The number of hydrogen-bond acceptors (Lipinski definition) is 6. The largest absolute Gasteiger partial charge is 0.748 e. The number of phenols is 1. The van der Waals surface area contributed by atoms with E-state index in [2.05, 4.69) is 63.1 Å². The van der Waals surface area contributed by atoms with Crippen molar-refractivity contribution in [3.8, 4) is 11.5 Å². The van der Waals surface area contributed by atoms with Gasteiger partial charge in [-0.3, -0.25) is 0 Å². The summed E-state index contributed by atoms with van der Waals surface area (Å²) in [5.74, 6) is 1.52.